The lowest BCUT2D eigenvalue weighted by molar-refractivity contribution is 0.0589. The van der Waals surface area contributed by atoms with Crippen LogP contribution in [0, 0.1) is 0 Å². The van der Waals surface area contributed by atoms with Gasteiger partial charge in [0.15, 0.2) is 0 Å². The van der Waals surface area contributed by atoms with Crippen LogP contribution in [0.25, 0.3) is 10.6 Å². The molecule has 0 N–H and O–H groups in total. The second-order valence-corrected chi connectivity index (χ2v) is 9.42. The summed E-state index contributed by atoms with van der Waals surface area (Å²) in [5.74, 6) is 0.715. The van der Waals surface area contributed by atoms with Crippen LogP contribution in [0.5, 0.6) is 5.75 Å². The summed E-state index contributed by atoms with van der Waals surface area (Å²) >= 11 is 13.6. The van der Waals surface area contributed by atoms with Crippen LogP contribution < -0.4 is 4.74 Å². The fraction of sp³-hybridized carbons (Fsp3) is 0.333. The van der Waals surface area contributed by atoms with E-state index in [1.807, 2.05) is 40.6 Å². The van der Waals surface area contributed by atoms with Gasteiger partial charge in [0.05, 0.1) is 6.61 Å². The van der Waals surface area contributed by atoms with E-state index in [2.05, 4.69) is 9.88 Å². The van der Waals surface area contributed by atoms with Crippen LogP contribution in [-0.2, 0) is 11.3 Å². The number of benzene rings is 2. The van der Waals surface area contributed by atoms with Crippen molar-refractivity contribution in [2.75, 3.05) is 46.4 Å². The van der Waals surface area contributed by atoms with E-state index in [1.165, 1.54) is 11.3 Å². The summed E-state index contributed by atoms with van der Waals surface area (Å²) < 4.78 is 11.0. The maximum Gasteiger partial charge on any atom is 0.273 e. The minimum Gasteiger partial charge on any atom is -0.489 e. The molecule has 9 heteroatoms. The summed E-state index contributed by atoms with van der Waals surface area (Å²) in [6.07, 6.45) is 0. The van der Waals surface area contributed by atoms with Crippen molar-refractivity contribution in [3.63, 3.8) is 0 Å². The van der Waals surface area contributed by atoms with Crippen LogP contribution in [0.3, 0.4) is 0 Å². The topological polar surface area (TPSA) is 54.9 Å². The van der Waals surface area contributed by atoms with Gasteiger partial charge in [-0.3, -0.25) is 9.69 Å². The molecule has 1 saturated heterocycles. The minimum atomic E-state index is -0.0105. The van der Waals surface area contributed by atoms with Crippen molar-refractivity contribution in [1.82, 2.24) is 14.8 Å². The van der Waals surface area contributed by atoms with Crippen molar-refractivity contribution in [1.29, 1.82) is 0 Å². The highest BCUT2D eigenvalue weighted by molar-refractivity contribution is 7.13. The molecule has 1 aliphatic heterocycles. The van der Waals surface area contributed by atoms with Crippen molar-refractivity contribution < 1.29 is 14.3 Å². The van der Waals surface area contributed by atoms with E-state index < -0.39 is 0 Å². The van der Waals surface area contributed by atoms with E-state index in [-0.39, 0.29) is 5.91 Å². The molecule has 4 rings (SSSR count). The number of ether oxygens (including phenoxy) is 2. The molecule has 1 amide bonds. The molecule has 6 nitrogen and oxygen atoms in total. The lowest BCUT2D eigenvalue weighted by Gasteiger charge is -2.34. The molecule has 0 atom stereocenters. The highest BCUT2D eigenvalue weighted by Gasteiger charge is 2.23. The predicted molar refractivity (Wildman–Crippen MR) is 133 cm³/mol. The zero-order valence-electron chi connectivity index (χ0n) is 18.3. The summed E-state index contributed by atoms with van der Waals surface area (Å²) in [7, 11) is 1.71. The first-order chi connectivity index (χ1) is 16.0. The Morgan fingerprint density at radius 1 is 1.09 bits per heavy atom. The van der Waals surface area contributed by atoms with Crippen molar-refractivity contribution in [2.24, 2.45) is 0 Å². The van der Waals surface area contributed by atoms with Crippen LogP contribution in [0.15, 0.2) is 47.8 Å². The quantitative estimate of drug-likeness (QED) is 0.426. The first-order valence-corrected chi connectivity index (χ1v) is 12.3. The third kappa shape index (κ3) is 6.25. The van der Waals surface area contributed by atoms with Gasteiger partial charge in [-0.2, -0.15) is 0 Å². The summed E-state index contributed by atoms with van der Waals surface area (Å²) in [5, 5.41) is 3.82. The number of rotatable bonds is 8. The second-order valence-electron chi connectivity index (χ2n) is 7.71. The lowest BCUT2D eigenvalue weighted by Crippen LogP contribution is -2.49. The molecule has 0 saturated carbocycles. The molecule has 1 fully saturated rings. The van der Waals surface area contributed by atoms with Crippen molar-refractivity contribution >= 4 is 40.4 Å². The lowest BCUT2D eigenvalue weighted by atomic mass is 10.2. The largest absolute Gasteiger partial charge is 0.489 e. The molecular weight excluding hydrogens is 481 g/mol. The Labute approximate surface area is 207 Å². The van der Waals surface area contributed by atoms with Gasteiger partial charge >= 0.3 is 0 Å². The van der Waals surface area contributed by atoms with Crippen LogP contribution in [0.1, 0.15) is 16.1 Å². The average Bonchev–Trinajstić information content (AvgIpc) is 3.33. The van der Waals surface area contributed by atoms with E-state index >= 15 is 0 Å². The minimum absolute atomic E-state index is 0.0105. The molecule has 2 heterocycles. The van der Waals surface area contributed by atoms with Gasteiger partial charge in [0, 0.05) is 66.4 Å². The number of aromatic nitrogens is 1. The first kappa shape index (κ1) is 24.0. The molecule has 2 aromatic carbocycles. The molecule has 3 aromatic rings. The normalized spacial score (nSPS) is 14.5. The number of carbonyl (C=O) groups excluding carboxylic acids is 1. The van der Waals surface area contributed by atoms with Gasteiger partial charge in [-0.25, -0.2) is 4.98 Å². The molecule has 1 aliphatic rings. The molecule has 1 aromatic heterocycles. The van der Waals surface area contributed by atoms with Crippen molar-refractivity contribution in [3.8, 4) is 16.3 Å². The van der Waals surface area contributed by atoms with Gasteiger partial charge in [-0.15, -0.1) is 11.3 Å². The molecule has 0 unspecified atom stereocenters. The molecule has 33 heavy (non-hydrogen) atoms. The SMILES string of the molecule is COCCN1CCN(C(=O)c2csc(-c3ccc(OCc4ccc(Cl)cc4Cl)cc3)n2)CC1. The van der Waals surface area contributed by atoms with E-state index in [0.29, 0.717) is 42.0 Å². The maximum atomic E-state index is 12.9. The first-order valence-electron chi connectivity index (χ1n) is 10.7. The number of piperazine rings is 1. The monoisotopic (exact) mass is 505 g/mol. The van der Waals surface area contributed by atoms with Gasteiger partial charge in [0.2, 0.25) is 0 Å². The number of amides is 1. The number of thiazole rings is 1. The third-order valence-electron chi connectivity index (χ3n) is 5.51. The molecule has 0 radical (unpaired) electrons. The van der Waals surface area contributed by atoms with Gasteiger partial charge in [-0.1, -0.05) is 29.3 Å². The van der Waals surface area contributed by atoms with E-state index in [1.54, 1.807) is 19.2 Å². The summed E-state index contributed by atoms with van der Waals surface area (Å²) in [6.45, 7) is 5.08. The van der Waals surface area contributed by atoms with Gasteiger partial charge in [0.1, 0.15) is 23.1 Å². The van der Waals surface area contributed by atoms with Crippen molar-refractivity contribution in [2.45, 2.75) is 6.61 Å². The van der Waals surface area contributed by atoms with E-state index in [0.717, 1.165) is 41.5 Å². The van der Waals surface area contributed by atoms with Crippen LogP contribution in [-0.4, -0.2) is 67.1 Å². The van der Waals surface area contributed by atoms with E-state index in [9.17, 15) is 4.79 Å². The van der Waals surface area contributed by atoms with Crippen LogP contribution >= 0.6 is 34.5 Å². The molecule has 0 aliphatic carbocycles. The summed E-state index contributed by atoms with van der Waals surface area (Å²) in [6, 6.07) is 13.0. The number of carbonyl (C=O) groups is 1. The Morgan fingerprint density at radius 2 is 1.85 bits per heavy atom. The van der Waals surface area contributed by atoms with Gasteiger partial charge in [0.25, 0.3) is 5.91 Å². The average molecular weight is 506 g/mol. The number of halogens is 2. The third-order valence-corrected chi connectivity index (χ3v) is 6.98. The Hall–Kier alpha value is -2.16. The smallest absolute Gasteiger partial charge is 0.273 e. The van der Waals surface area contributed by atoms with Gasteiger partial charge in [-0.05, 0) is 36.4 Å². The number of nitrogens with zero attached hydrogens (tertiary/aromatic N) is 3. The fourth-order valence-corrected chi connectivity index (χ4v) is 4.82. The standard InChI is InChI=1S/C24H25Cl2N3O3S/c1-31-13-12-28-8-10-29(11-9-28)24(30)22-16-33-23(27-22)17-3-6-20(7-4-17)32-15-18-2-5-19(25)14-21(18)26/h2-7,14,16H,8-13,15H2,1H3. The Bertz CT molecular complexity index is 1080. The molecule has 174 valence electrons. The van der Waals surface area contributed by atoms with E-state index in [4.69, 9.17) is 32.7 Å². The molecule has 0 spiro atoms. The van der Waals surface area contributed by atoms with Gasteiger partial charge < -0.3 is 14.4 Å². The number of hydrogen-bond donors (Lipinski definition) is 0. The highest BCUT2D eigenvalue weighted by atomic mass is 35.5. The summed E-state index contributed by atoms with van der Waals surface area (Å²) in [5.41, 5.74) is 2.31. The van der Waals surface area contributed by atoms with Crippen molar-refractivity contribution in [3.05, 3.63) is 69.1 Å². The van der Waals surface area contributed by atoms with Crippen LogP contribution in [0.2, 0.25) is 10.0 Å². The Morgan fingerprint density at radius 3 is 2.55 bits per heavy atom. The maximum absolute atomic E-state index is 12.9. The summed E-state index contributed by atoms with van der Waals surface area (Å²) in [4.78, 5) is 21.7. The zero-order valence-corrected chi connectivity index (χ0v) is 20.6. The highest BCUT2D eigenvalue weighted by Crippen LogP contribution is 2.27. The molecule has 0 bridgehead atoms. The predicted octanol–water partition coefficient (Wildman–Crippen LogP) is 5.10. The number of methoxy groups -OCH3 is 1. The Kier molecular flexibility index (Phi) is 8.22. The van der Waals surface area contributed by atoms with Crippen LogP contribution in [0.4, 0.5) is 0 Å². The Balaban J connectivity index is 1.33. The second kappa shape index (κ2) is 11.3. The number of hydrogen-bond acceptors (Lipinski definition) is 6. The molecular formula is C24H25Cl2N3O3S. The fourth-order valence-electron chi connectivity index (χ4n) is 3.56. The zero-order chi connectivity index (χ0) is 23.2.